The predicted octanol–water partition coefficient (Wildman–Crippen LogP) is 1.71. The Kier molecular flexibility index (Phi) is 5.64. The first kappa shape index (κ1) is 14.5. The zero-order chi connectivity index (χ0) is 13.5. The van der Waals surface area contributed by atoms with E-state index in [1.54, 1.807) is 18.2 Å². The number of carbonyl (C=O) groups excluding carboxylic acids is 2. The summed E-state index contributed by atoms with van der Waals surface area (Å²) in [6, 6.07) is 5.09. The van der Waals surface area contributed by atoms with Crippen LogP contribution in [0.5, 0.6) is 0 Å². The van der Waals surface area contributed by atoms with Crippen molar-refractivity contribution >= 4 is 33.5 Å². The van der Waals surface area contributed by atoms with Crippen LogP contribution >= 0.6 is 15.9 Å². The van der Waals surface area contributed by atoms with Gasteiger partial charge in [-0.05, 0) is 24.6 Å². The van der Waals surface area contributed by atoms with Crippen molar-refractivity contribution in [2.75, 3.05) is 19.4 Å². The molecule has 0 spiro atoms. The first-order valence-electron chi connectivity index (χ1n) is 5.44. The van der Waals surface area contributed by atoms with Crippen molar-refractivity contribution in [2.45, 2.75) is 12.8 Å². The number of rotatable bonds is 5. The first-order valence-corrected chi connectivity index (χ1v) is 6.24. The third-order valence-electron chi connectivity index (χ3n) is 2.33. The van der Waals surface area contributed by atoms with Crippen molar-refractivity contribution in [3.63, 3.8) is 0 Å². The molecule has 0 aliphatic carbocycles. The number of hydrogen-bond acceptors (Lipinski definition) is 4. The topological polar surface area (TPSA) is 81.4 Å². The fourth-order valence-corrected chi connectivity index (χ4v) is 1.72. The minimum absolute atomic E-state index is 0.251. The lowest BCUT2D eigenvalue weighted by atomic mass is 10.1. The van der Waals surface area contributed by atoms with Gasteiger partial charge in [0.1, 0.15) is 0 Å². The highest BCUT2D eigenvalue weighted by atomic mass is 79.9. The highest BCUT2D eigenvalue weighted by Gasteiger charge is 2.09. The van der Waals surface area contributed by atoms with Gasteiger partial charge in [-0.3, -0.25) is 9.59 Å². The van der Waals surface area contributed by atoms with Gasteiger partial charge < -0.3 is 15.8 Å². The Labute approximate surface area is 114 Å². The van der Waals surface area contributed by atoms with Gasteiger partial charge in [0.15, 0.2) is 0 Å². The molecule has 0 heterocycles. The summed E-state index contributed by atoms with van der Waals surface area (Å²) in [7, 11) is 1.34. The Hall–Kier alpha value is -1.56. The van der Waals surface area contributed by atoms with Gasteiger partial charge in [0.05, 0.1) is 12.7 Å². The van der Waals surface area contributed by atoms with Crippen LogP contribution in [-0.2, 0) is 9.53 Å². The molecule has 0 saturated carbocycles. The van der Waals surface area contributed by atoms with Crippen LogP contribution in [0.1, 0.15) is 23.2 Å². The van der Waals surface area contributed by atoms with E-state index in [4.69, 9.17) is 5.73 Å². The highest BCUT2D eigenvalue weighted by Crippen LogP contribution is 2.18. The van der Waals surface area contributed by atoms with Crippen LogP contribution in [0.25, 0.3) is 0 Å². The zero-order valence-electron chi connectivity index (χ0n) is 10.0. The molecule has 1 aromatic carbocycles. The minimum Gasteiger partial charge on any atom is -0.469 e. The number of amides is 1. The van der Waals surface area contributed by atoms with Gasteiger partial charge in [0, 0.05) is 23.1 Å². The average molecular weight is 315 g/mol. The number of nitrogens with two attached hydrogens (primary N) is 1. The third kappa shape index (κ3) is 4.37. The van der Waals surface area contributed by atoms with E-state index in [1.807, 2.05) is 0 Å². The van der Waals surface area contributed by atoms with Gasteiger partial charge in [-0.15, -0.1) is 0 Å². The summed E-state index contributed by atoms with van der Waals surface area (Å²) in [6.07, 6.45) is 0.817. The Morgan fingerprint density at radius 2 is 2.17 bits per heavy atom. The SMILES string of the molecule is COC(=O)CCCNC(=O)c1cc(Br)ccc1N. The summed E-state index contributed by atoms with van der Waals surface area (Å²) in [5.41, 5.74) is 6.55. The molecule has 1 rings (SSSR count). The van der Waals surface area contributed by atoms with Crippen LogP contribution in [0.4, 0.5) is 5.69 Å². The van der Waals surface area contributed by atoms with E-state index in [2.05, 4.69) is 26.0 Å². The first-order chi connectivity index (χ1) is 8.54. The van der Waals surface area contributed by atoms with Crippen LogP contribution < -0.4 is 11.1 Å². The van der Waals surface area contributed by atoms with E-state index in [9.17, 15) is 9.59 Å². The second kappa shape index (κ2) is 7.00. The van der Waals surface area contributed by atoms with E-state index in [-0.39, 0.29) is 18.3 Å². The number of benzene rings is 1. The second-order valence-corrected chi connectivity index (χ2v) is 4.58. The summed E-state index contributed by atoms with van der Waals surface area (Å²) < 4.78 is 5.29. The second-order valence-electron chi connectivity index (χ2n) is 3.67. The van der Waals surface area contributed by atoms with Crippen LogP contribution in [0.15, 0.2) is 22.7 Å². The molecule has 0 aliphatic rings. The van der Waals surface area contributed by atoms with Crippen LogP contribution in [-0.4, -0.2) is 25.5 Å². The minimum atomic E-state index is -0.286. The molecule has 1 aromatic rings. The summed E-state index contributed by atoms with van der Waals surface area (Å²) in [4.78, 5) is 22.7. The molecule has 6 heteroatoms. The summed E-state index contributed by atoms with van der Waals surface area (Å²) in [5, 5.41) is 2.70. The lowest BCUT2D eigenvalue weighted by Crippen LogP contribution is -2.25. The monoisotopic (exact) mass is 314 g/mol. The van der Waals surface area contributed by atoms with Gasteiger partial charge in [-0.1, -0.05) is 15.9 Å². The molecule has 0 bridgehead atoms. The van der Waals surface area contributed by atoms with E-state index in [0.29, 0.717) is 24.2 Å². The molecule has 0 radical (unpaired) electrons. The number of hydrogen-bond donors (Lipinski definition) is 2. The van der Waals surface area contributed by atoms with Crippen molar-refractivity contribution in [3.05, 3.63) is 28.2 Å². The van der Waals surface area contributed by atoms with Gasteiger partial charge >= 0.3 is 5.97 Å². The van der Waals surface area contributed by atoms with Crippen LogP contribution in [0.2, 0.25) is 0 Å². The lowest BCUT2D eigenvalue weighted by molar-refractivity contribution is -0.140. The third-order valence-corrected chi connectivity index (χ3v) is 2.82. The van der Waals surface area contributed by atoms with Crippen molar-refractivity contribution in [3.8, 4) is 0 Å². The van der Waals surface area contributed by atoms with Crippen molar-refractivity contribution in [2.24, 2.45) is 0 Å². The maximum atomic E-state index is 11.8. The molecular weight excluding hydrogens is 300 g/mol. The summed E-state index contributed by atoms with van der Waals surface area (Å²) >= 11 is 3.28. The number of methoxy groups -OCH3 is 1. The Balaban J connectivity index is 2.46. The Bertz CT molecular complexity index is 449. The molecule has 0 fully saturated rings. The number of carbonyl (C=O) groups is 2. The number of anilines is 1. The number of esters is 1. The van der Waals surface area contributed by atoms with E-state index in [1.165, 1.54) is 7.11 Å². The number of nitrogens with one attached hydrogen (secondary N) is 1. The molecular formula is C12H15BrN2O3. The normalized spacial score (nSPS) is 9.89. The average Bonchev–Trinajstić information content (AvgIpc) is 2.36. The molecule has 0 atom stereocenters. The maximum absolute atomic E-state index is 11.8. The van der Waals surface area contributed by atoms with Crippen molar-refractivity contribution < 1.29 is 14.3 Å². The van der Waals surface area contributed by atoms with Crippen molar-refractivity contribution in [1.29, 1.82) is 0 Å². The fourth-order valence-electron chi connectivity index (χ4n) is 1.36. The van der Waals surface area contributed by atoms with Gasteiger partial charge in [-0.2, -0.15) is 0 Å². The van der Waals surface area contributed by atoms with Crippen LogP contribution in [0, 0.1) is 0 Å². The molecule has 0 unspecified atom stereocenters. The standard InChI is InChI=1S/C12H15BrN2O3/c1-18-11(16)3-2-6-15-12(17)9-7-8(13)4-5-10(9)14/h4-5,7H,2-3,6,14H2,1H3,(H,15,17). The van der Waals surface area contributed by atoms with E-state index in [0.717, 1.165) is 4.47 Å². The smallest absolute Gasteiger partial charge is 0.305 e. The summed E-state index contributed by atoms with van der Waals surface area (Å²) in [5.74, 6) is -0.537. The van der Waals surface area contributed by atoms with Gasteiger partial charge in [0.25, 0.3) is 5.91 Å². The number of ether oxygens (including phenoxy) is 1. The largest absolute Gasteiger partial charge is 0.469 e. The zero-order valence-corrected chi connectivity index (χ0v) is 11.6. The van der Waals surface area contributed by atoms with Gasteiger partial charge in [-0.25, -0.2) is 0 Å². The predicted molar refractivity (Wildman–Crippen MR) is 72.1 cm³/mol. The molecule has 18 heavy (non-hydrogen) atoms. The van der Waals surface area contributed by atoms with Crippen LogP contribution in [0.3, 0.4) is 0 Å². The highest BCUT2D eigenvalue weighted by molar-refractivity contribution is 9.10. The molecule has 1 amide bonds. The summed E-state index contributed by atoms with van der Waals surface area (Å²) in [6.45, 7) is 0.403. The van der Waals surface area contributed by atoms with Gasteiger partial charge in [0.2, 0.25) is 0 Å². The molecule has 98 valence electrons. The van der Waals surface area contributed by atoms with Crippen molar-refractivity contribution in [1.82, 2.24) is 5.32 Å². The number of nitrogen functional groups attached to an aromatic ring is 1. The Morgan fingerprint density at radius 3 is 2.83 bits per heavy atom. The van der Waals surface area contributed by atoms with E-state index >= 15 is 0 Å². The molecule has 3 N–H and O–H groups in total. The number of halogens is 1. The fraction of sp³-hybridized carbons (Fsp3) is 0.333. The molecule has 0 aromatic heterocycles. The maximum Gasteiger partial charge on any atom is 0.305 e. The molecule has 0 aliphatic heterocycles. The Morgan fingerprint density at radius 1 is 1.44 bits per heavy atom. The molecule has 0 saturated heterocycles. The lowest BCUT2D eigenvalue weighted by Gasteiger charge is -2.07. The quantitative estimate of drug-likeness (QED) is 0.492. The molecule has 5 nitrogen and oxygen atoms in total. The van der Waals surface area contributed by atoms with E-state index < -0.39 is 0 Å².